The van der Waals surface area contributed by atoms with Crippen LogP contribution in [0.1, 0.15) is 84.1 Å². The molecule has 3 N–H and O–H groups in total. The first kappa shape index (κ1) is 26.6. The number of quaternary nitrogens is 1. The average Bonchev–Trinajstić information content (AvgIpc) is 3.43. The predicted molar refractivity (Wildman–Crippen MR) is 142 cm³/mol. The van der Waals surface area contributed by atoms with Gasteiger partial charge in [-0.25, -0.2) is 0 Å². The van der Waals surface area contributed by atoms with Crippen LogP contribution in [0.4, 0.5) is 0 Å². The maximum absolute atomic E-state index is 12.4. The smallest absolute Gasteiger partial charge is 0.237 e. The van der Waals surface area contributed by atoms with E-state index in [-0.39, 0.29) is 24.2 Å². The van der Waals surface area contributed by atoms with Crippen LogP contribution in [0.15, 0.2) is 46.7 Å². The molecule has 0 aromatic heterocycles. The fraction of sp³-hybridized carbons (Fsp3) is 0.600. The lowest BCUT2D eigenvalue weighted by Crippen LogP contribution is -3.17. The van der Waals surface area contributed by atoms with Crippen molar-refractivity contribution >= 4 is 12.0 Å². The third-order valence-corrected chi connectivity index (χ3v) is 7.77. The van der Waals surface area contributed by atoms with Crippen LogP contribution in [-0.4, -0.2) is 40.6 Å². The molecule has 0 radical (unpaired) electrons. The number of benzene rings is 1. The Morgan fingerprint density at radius 1 is 1.25 bits per heavy atom. The zero-order valence-corrected chi connectivity index (χ0v) is 22.1. The molecule has 0 saturated carbocycles. The van der Waals surface area contributed by atoms with Gasteiger partial charge in [-0.05, 0) is 55.4 Å². The van der Waals surface area contributed by atoms with Crippen molar-refractivity contribution in [2.45, 2.75) is 103 Å². The molecule has 6 heteroatoms. The number of rotatable bonds is 13. The molecule has 1 aromatic rings. The number of carbonyl (C=O) groups is 1. The molecule has 0 amide bonds. The number of nitrogens with one attached hydrogen (secondary N) is 1. The number of piperidine rings is 1. The molecule has 2 unspecified atom stereocenters. The van der Waals surface area contributed by atoms with E-state index in [1.165, 1.54) is 16.9 Å². The number of ether oxygens (including phenoxy) is 1. The number of aromatic hydroxyl groups is 1. The number of aryl methyl sites for hydroxylation is 1. The van der Waals surface area contributed by atoms with E-state index in [9.17, 15) is 15.0 Å². The number of ketones is 1. The molecule has 6 nitrogen and oxygen atoms in total. The van der Waals surface area contributed by atoms with Crippen molar-refractivity contribution in [2.75, 3.05) is 0 Å². The molecule has 0 bridgehead atoms. The molecule has 3 aliphatic heterocycles. The van der Waals surface area contributed by atoms with Crippen LogP contribution in [0.5, 0.6) is 11.5 Å². The highest BCUT2D eigenvalue weighted by atomic mass is 16.5. The zero-order valence-electron chi connectivity index (χ0n) is 22.1. The van der Waals surface area contributed by atoms with Crippen LogP contribution in [0.3, 0.4) is 0 Å². The highest BCUT2D eigenvalue weighted by Crippen LogP contribution is 2.36. The Hall–Kier alpha value is -2.44. The number of aliphatic hydroxyl groups is 1. The minimum absolute atomic E-state index is 0.0781. The van der Waals surface area contributed by atoms with Crippen molar-refractivity contribution in [3.63, 3.8) is 0 Å². The Balaban J connectivity index is 1.38. The second-order valence-electron chi connectivity index (χ2n) is 11.2. The summed E-state index contributed by atoms with van der Waals surface area (Å²) in [6.45, 7) is 6.70. The Bertz CT molecular complexity index is 1010. The van der Waals surface area contributed by atoms with E-state index < -0.39 is 6.10 Å². The first-order valence-electron chi connectivity index (χ1n) is 13.9. The van der Waals surface area contributed by atoms with Crippen LogP contribution in [0.2, 0.25) is 0 Å². The van der Waals surface area contributed by atoms with Crippen LogP contribution in [0.25, 0.3) is 0 Å². The van der Waals surface area contributed by atoms with E-state index >= 15 is 0 Å². The number of fused-ring (bicyclic) bond motifs is 3. The number of phenols is 1. The summed E-state index contributed by atoms with van der Waals surface area (Å²) >= 11 is 0. The Morgan fingerprint density at radius 2 is 2.08 bits per heavy atom. The summed E-state index contributed by atoms with van der Waals surface area (Å²) < 4.78 is 6.45. The molecule has 1 aromatic carbocycles. The molecule has 1 fully saturated rings. The number of nitrogens with zero attached hydrogens (tertiary/aromatic N) is 1. The molecule has 0 aliphatic carbocycles. The van der Waals surface area contributed by atoms with Crippen molar-refractivity contribution in [1.82, 2.24) is 0 Å². The third-order valence-electron chi connectivity index (χ3n) is 7.77. The second-order valence-corrected chi connectivity index (χ2v) is 11.2. The molecule has 1 saturated heterocycles. The van der Waals surface area contributed by atoms with Crippen LogP contribution < -0.4 is 9.64 Å². The van der Waals surface area contributed by atoms with Gasteiger partial charge in [-0.1, -0.05) is 46.1 Å². The van der Waals surface area contributed by atoms with Gasteiger partial charge in [0.1, 0.15) is 23.7 Å². The molecule has 3 heterocycles. The number of aliphatic hydroxyl groups excluding tert-OH is 1. The summed E-state index contributed by atoms with van der Waals surface area (Å²) in [7, 11) is 0. The van der Waals surface area contributed by atoms with Crippen molar-refractivity contribution in [3.05, 3.63) is 47.3 Å². The number of hydrogen-bond acceptors (Lipinski definition) is 5. The summed E-state index contributed by atoms with van der Waals surface area (Å²) in [6.07, 6.45) is 13.8. The van der Waals surface area contributed by atoms with Gasteiger partial charge in [0.2, 0.25) is 6.23 Å². The van der Waals surface area contributed by atoms with E-state index in [0.717, 1.165) is 43.4 Å². The topological polar surface area (TPSA) is 83.6 Å². The summed E-state index contributed by atoms with van der Waals surface area (Å²) in [5.41, 5.74) is 3.34. The average molecular weight is 496 g/mol. The first-order valence-corrected chi connectivity index (χ1v) is 13.9. The minimum Gasteiger partial charge on any atom is -0.504 e. The lowest BCUT2D eigenvalue weighted by molar-refractivity contribution is -0.920. The largest absolute Gasteiger partial charge is 0.504 e. The standard InChI is InChI=1S/C30H42N2O4/c1-4-5-6-7-23(33)18-24(34)11-8-21-9-12-27(35)28(17-21)36-29-13-10-22(16-20(2)3)30-25-14-15-31-26(25)19-32(29)30/h9,12,14-15,17,19-20,22-23,29-30,33,35H,4-8,10-11,13,16,18H2,1-3H3/p+1/t22-,23-,29+,30?/m1/s1. The predicted octanol–water partition coefficient (Wildman–Crippen LogP) is 4.51. The van der Waals surface area contributed by atoms with Gasteiger partial charge in [-0.15, -0.1) is 0 Å². The molecular weight excluding hydrogens is 452 g/mol. The number of unbranched alkanes of at least 4 members (excludes halogenated alkanes) is 2. The number of allylic oxidation sites excluding steroid dienone is 1. The summed E-state index contributed by atoms with van der Waals surface area (Å²) in [5, 5.41) is 20.7. The lowest BCUT2D eigenvalue weighted by Gasteiger charge is -2.39. The number of hydrogen-bond donors (Lipinski definition) is 3. The van der Waals surface area contributed by atoms with E-state index in [2.05, 4.69) is 38.0 Å². The highest BCUT2D eigenvalue weighted by molar-refractivity contribution is 5.80. The first-order chi connectivity index (χ1) is 17.4. The number of aliphatic imine (C=N–C) groups is 1. The zero-order chi connectivity index (χ0) is 25.7. The van der Waals surface area contributed by atoms with Gasteiger partial charge in [-0.2, -0.15) is 0 Å². The third kappa shape index (κ3) is 6.46. The second kappa shape index (κ2) is 12.2. The molecule has 0 spiro atoms. The fourth-order valence-electron chi connectivity index (χ4n) is 6.02. The van der Waals surface area contributed by atoms with Crippen molar-refractivity contribution in [1.29, 1.82) is 0 Å². The van der Waals surface area contributed by atoms with E-state index in [0.29, 0.717) is 42.9 Å². The lowest BCUT2D eigenvalue weighted by atomic mass is 9.80. The SMILES string of the molecule is CCCCC[C@@H](O)CC(=O)CCc1ccc(O)c(O[C@H]2CC[C@H](CC(C)C)C3C4=CC=NC4=C[NH+]32)c1. The number of Topliss-reactive ketones (excluding diaryl/α,β-unsaturated/α-hetero) is 1. The van der Waals surface area contributed by atoms with Crippen LogP contribution in [0, 0.1) is 11.8 Å². The van der Waals surface area contributed by atoms with E-state index in [4.69, 9.17) is 4.74 Å². The summed E-state index contributed by atoms with van der Waals surface area (Å²) in [5.74, 6) is 1.91. The van der Waals surface area contributed by atoms with Gasteiger partial charge >= 0.3 is 0 Å². The Morgan fingerprint density at radius 3 is 2.86 bits per heavy atom. The molecule has 4 rings (SSSR count). The van der Waals surface area contributed by atoms with Gasteiger partial charge in [0, 0.05) is 37.0 Å². The van der Waals surface area contributed by atoms with Crippen molar-refractivity contribution in [3.8, 4) is 11.5 Å². The quantitative estimate of drug-likeness (QED) is 0.352. The number of carbonyl (C=O) groups excluding carboxylic acids is 1. The van der Waals surface area contributed by atoms with Crippen LogP contribution >= 0.6 is 0 Å². The molecule has 5 atom stereocenters. The summed E-state index contributed by atoms with van der Waals surface area (Å²) in [6, 6.07) is 5.73. The van der Waals surface area contributed by atoms with Gasteiger partial charge in [0.15, 0.2) is 11.5 Å². The van der Waals surface area contributed by atoms with Crippen LogP contribution in [-0.2, 0) is 11.2 Å². The maximum atomic E-state index is 12.4. The molecular formula is C30H43N2O4+. The van der Waals surface area contributed by atoms with E-state index in [1.54, 1.807) is 6.07 Å². The summed E-state index contributed by atoms with van der Waals surface area (Å²) in [4.78, 5) is 18.2. The minimum atomic E-state index is -0.543. The Labute approximate surface area is 215 Å². The van der Waals surface area contributed by atoms with Crippen molar-refractivity contribution < 1.29 is 24.6 Å². The van der Waals surface area contributed by atoms with Gasteiger partial charge in [0.25, 0.3) is 0 Å². The fourth-order valence-corrected chi connectivity index (χ4v) is 6.02. The van der Waals surface area contributed by atoms with Gasteiger partial charge in [-0.3, -0.25) is 14.7 Å². The maximum Gasteiger partial charge on any atom is 0.237 e. The normalized spacial score (nSPS) is 25.4. The number of phenolic OH excluding ortho intramolecular Hbond substituents is 1. The molecule has 36 heavy (non-hydrogen) atoms. The molecule has 196 valence electrons. The molecule has 3 aliphatic rings. The van der Waals surface area contributed by atoms with Crippen molar-refractivity contribution in [2.24, 2.45) is 16.8 Å². The van der Waals surface area contributed by atoms with E-state index in [1.807, 2.05) is 18.3 Å². The Kier molecular flexibility index (Phi) is 9.02. The van der Waals surface area contributed by atoms with Gasteiger partial charge in [0.05, 0.1) is 6.10 Å². The van der Waals surface area contributed by atoms with Gasteiger partial charge < -0.3 is 14.9 Å². The monoisotopic (exact) mass is 495 g/mol. The highest BCUT2D eigenvalue weighted by Gasteiger charge is 2.49.